The number of H-pyrrole nitrogens is 1. The van der Waals surface area contributed by atoms with Crippen LogP contribution in [0.4, 0.5) is 0 Å². The Hall–Kier alpha value is -4.13. The van der Waals surface area contributed by atoms with Crippen LogP contribution in [0.15, 0.2) is 107 Å². The highest BCUT2D eigenvalue weighted by atomic mass is 35.5. The molecule has 0 radical (unpaired) electrons. The number of hydrogen-bond acceptors (Lipinski definition) is 3. The largest absolute Gasteiger partial charge is 0.361 e. The first-order chi connectivity index (χ1) is 17.9. The molecule has 3 aromatic carbocycles. The summed E-state index contributed by atoms with van der Waals surface area (Å²) in [6.45, 7) is 0.281. The van der Waals surface area contributed by atoms with Crippen molar-refractivity contribution >= 4 is 40.0 Å². The van der Waals surface area contributed by atoms with Crippen LogP contribution in [0, 0.1) is 0 Å². The van der Waals surface area contributed by atoms with Crippen molar-refractivity contribution in [3.63, 3.8) is 0 Å². The first-order valence-corrected chi connectivity index (χ1v) is 12.3. The Kier molecular flexibility index (Phi) is 6.95. The minimum Gasteiger partial charge on any atom is -0.361 e. The second kappa shape index (κ2) is 10.5. The Labute approximate surface area is 222 Å². The maximum absolute atomic E-state index is 13.4. The lowest BCUT2D eigenvalue weighted by molar-refractivity contribution is 0.0942. The number of nitrogens with one attached hydrogen (secondary N) is 2. The first-order valence-electron chi connectivity index (χ1n) is 11.5. The summed E-state index contributed by atoms with van der Waals surface area (Å²) >= 11 is 12.3. The molecule has 37 heavy (non-hydrogen) atoms. The van der Waals surface area contributed by atoms with Crippen LogP contribution in [-0.2, 0) is 6.54 Å². The molecule has 5 aromatic rings. The molecule has 0 bridgehead atoms. The van der Waals surface area contributed by atoms with Crippen LogP contribution in [0.2, 0.25) is 10.0 Å². The van der Waals surface area contributed by atoms with Gasteiger partial charge in [-0.1, -0.05) is 71.7 Å². The van der Waals surface area contributed by atoms with Crippen LogP contribution < -0.4 is 16.3 Å². The second-order valence-electron chi connectivity index (χ2n) is 8.55. The predicted octanol–water partition coefficient (Wildman–Crippen LogP) is 5.56. The molecule has 184 valence electrons. The minimum atomic E-state index is -0.747. The summed E-state index contributed by atoms with van der Waals surface area (Å²) in [5.74, 6) is -0.480. The fourth-order valence-corrected chi connectivity index (χ4v) is 4.58. The fraction of sp³-hybridized carbons (Fsp3) is 0.0690. The smallest absolute Gasteiger partial charge is 0.252 e. The topological polar surface area (TPSA) is 84.0 Å². The maximum atomic E-state index is 13.4. The number of fused-ring (bicyclic) bond motifs is 1. The Bertz CT molecular complexity index is 1730. The molecule has 0 fully saturated rings. The van der Waals surface area contributed by atoms with E-state index < -0.39 is 11.9 Å². The SMILES string of the molecule is O=C(NC(c1ccccc1)c1c[nH]c2cc(Cl)ccc2c1=O)c1ccn(Cc2ccccc2Cl)c(=O)c1. The van der Waals surface area contributed by atoms with Crippen molar-refractivity contribution in [3.05, 3.63) is 150 Å². The quantitative estimate of drug-likeness (QED) is 0.301. The van der Waals surface area contributed by atoms with Gasteiger partial charge in [0.05, 0.1) is 18.1 Å². The molecule has 1 unspecified atom stereocenters. The van der Waals surface area contributed by atoms with Crippen LogP contribution in [0.25, 0.3) is 10.9 Å². The van der Waals surface area contributed by atoms with Gasteiger partial charge < -0.3 is 14.9 Å². The van der Waals surface area contributed by atoms with Crippen LogP contribution in [-0.4, -0.2) is 15.5 Å². The highest BCUT2D eigenvalue weighted by Crippen LogP contribution is 2.23. The Morgan fingerprint density at radius 1 is 0.919 bits per heavy atom. The highest BCUT2D eigenvalue weighted by Gasteiger charge is 2.22. The van der Waals surface area contributed by atoms with E-state index in [-0.39, 0.29) is 23.1 Å². The molecule has 2 aromatic heterocycles. The number of aromatic amines is 1. The first kappa shape index (κ1) is 24.6. The number of carbonyl (C=O) groups excluding carboxylic acids is 1. The van der Waals surface area contributed by atoms with Crippen molar-refractivity contribution in [2.75, 3.05) is 0 Å². The number of pyridine rings is 2. The van der Waals surface area contributed by atoms with E-state index in [1.807, 2.05) is 48.5 Å². The van der Waals surface area contributed by atoms with Crippen molar-refractivity contribution < 1.29 is 4.79 Å². The molecule has 6 nitrogen and oxygen atoms in total. The van der Waals surface area contributed by atoms with Gasteiger partial charge in [-0.05, 0) is 41.5 Å². The molecule has 2 heterocycles. The number of halogens is 2. The van der Waals surface area contributed by atoms with Crippen molar-refractivity contribution in [1.29, 1.82) is 0 Å². The third-order valence-electron chi connectivity index (χ3n) is 6.15. The molecule has 8 heteroatoms. The molecule has 0 aliphatic carbocycles. The number of nitrogens with zero attached hydrogens (tertiary/aromatic N) is 1. The average molecular weight is 530 g/mol. The zero-order valence-corrected chi connectivity index (χ0v) is 21.0. The van der Waals surface area contributed by atoms with Gasteiger partial charge in [0.25, 0.3) is 11.5 Å². The molecule has 1 amide bonds. The van der Waals surface area contributed by atoms with Gasteiger partial charge in [0.2, 0.25) is 0 Å². The van der Waals surface area contributed by atoms with Gasteiger partial charge >= 0.3 is 0 Å². The van der Waals surface area contributed by atoms with E-state index in [0.717, 1.165) is 11.1 Å². The van der Waals surface area contributed by atoms with Gasteiger partial charge in [0.15, 0.2) is 5.43 Å². The second-order valence-corrected chi connectivity index (χ2v) is 9.40. The molecule has 0 spiro atoms. The molecule has 5 rings (SSSR count). The normalized spacial score (nSPS) is 11.8. The third-order valence-corrected chi connectivity index (χ3v) is 6.75. The average Bonchev–Trinajstić information content (AvgIpc) is 2.90. The Morgan fingerprint density at radius 3 is 2.43 bits per heavy atom. The van der Waals surface area contributed by atoms with E-state index in [1.54, 1.807) is 42.7 Å². The number of aromatic nitrogens is 2. The van der Waals surface area contributed by atoms with Crippen molar-refractivity contribution in [3.8, 4) is 0 Å². The van der Waals surface area contributed by atoms with Gasteiger partial charge in [-0.15, -0.1) is 0 Å². The minimum absolute atomic E-state index is 0.185. The van der Waals surface area contributed by atoms with E-state index in [1.165, 1.54) is 10.6 Å². The molecule has 2 N–H and O–H groups in total. The molecule has 0 saturated carbocycles. The summed E-state index contributed by atoms with van der Waals surface area (Å²) in [4.78, 5) is 42.6. The lowest BCUT2D eigenvalue weighted by Gasteiger charge is -2.20. The molecule has 1 atom stereocenters. The van der Waals surface area contributed by atoms with Gasteiger partial charge in [-0.3, -0.25) is 14.4 Å². The fourth-order valence-electron chi connectivity index (χ4n) is 4.22. The van der Waals surface area contributed by atoms with Crippen LogP contribution in [0.5, 0.6) is 0 Å². The molecular formula is C29H21Cl2N3O3. The van der Waals surface area contributed by atoms with Crippen LogP contribution in [0.3, 0.4) is 0 Å². The summed E-state index contributed by atoms with van der Waals surface area (Å²) in [5.41, 5.74) is 2.10. The van der Waals surface area contributed by atoms with Crippen molar-refractivity contribution in [1.82, 2.24) is 14.9 Å². The summed E-state index contributed by atoms with van der Waals surface area (Å²) < 4.78 is 1.48. The van der Waals surface area contributed by atoms with Crippen LogP contribution >= 0.6 is 23.2 Å². The van der Waals surface area contributed by atoms with Gasteiger partial charge in [0.1, 0.15) is 0 Å². The summed E-state index contributed by atoms with van der Waals surface area (Å²) in [6, 6.07) is 23.5. The maximum Gasteiger partial charge on any atom is 0.252 e. The Morgan fingerprint density at radius 2 is 1.68 bits per heavy atom. The summed E-state index contributed by atoms with van der Waals surface area (Å²) in [7, 11) is 0. The van der Waals surface area contributed by atoms with Crippen molar-refractivity contribution in [2.45, 2.75) is 12.6 Å². The molecule has 0 saturated heterocycles. The monoisotopic (exact) mass is 529 g/mol. The highest BCUT2D eigenvalue weighted by molar-refractivity contribution is 6.31. The number of benzene rings is 3. The zero-order chi connectivity index (χ0) is 25.9. The zero-order valence-electron chi connectivity index (χ0n) is 19.4. The van der Waals surface area contributed by atoms with E-state index in [0.29, 0.717) is 26.5 Å². The summed E-state index contributed by atoms with van der Waals surface area (Å²) in [6.07, 6.45) is 3.14. The van der Waals surface area contributed by atoms with E-state index in [2.05, 4.69) is 10.3 Å². The lowest BCUT2D eigenvalue weighted by Crippen LogP contribution is -2.33. The van der Waals surface area contributed by atoms with E-state index in [4.69, 9.17) is 23.2 Å². The summed E-state index contributed by atoms with van der Waals surface area (Å²) in [5, 5.41) is 4.46. The van der Waals surface area contributed by atoms with Gasteiger partial charge in [0, 0.05) is 45.0 Å². The number of rotatable bonds is 6. The van der Waals surface area contributed by atoms with Crippen molar-refractivity contribution in [2.24, 2.45) is 0 Å². The number of carbonyl (C=O) groups is 1. The van der Waals surface area contributed by atoms with Gasteiger partial charge in [-0.25, -0.2) is 0 Å². The molecule has 0 aliphatic rings. The van der Waals surface area contributed by atoms with E-state index in [9.17, 15) is 14.4 Å². The lowest BCUT2D eigenvalue weighted by atomic mass is 9.98. The molecule has 0 aliphatic heterocycles. The predicted molar refractivity (Wildman–Crippen MR) is 147 cm³/mol. The Balaban J connectivity index is 1.48. The number of amides is 1. The molecular weight excluding hydrogens is 509 g/mol. The third kappa shape index (κ3) is 5.21. The number of hydrogen-bond donors (Lipinski definition) is 2. The van der Waals surface area contributed by atoms with Crippen LogP contribution in [0.1, 0.15) is 33.1 Å². The van der Waals surface area contributed by atoms with E-state index >= 15 is 0 Å². The van der Waals surface area contributed by atoms with Gasteiger partial charge in [-0.2, -0.15) is 0 Å². The standard InChI is InChI=1S/C29H21Cl2N3O3/c30-21-10-11-22-25(15-21)32-16-23(28(22)36)27(18-6-2-1-3-7-18)33-29(37)19-12-13-34(26(35)14-19)17-20-8-4-5-9-24(20)31/h1-16,27H,17H2,(H,32,36)(H,33,37).